The number of esters is 1. The van der Waals surface area contributed by atoms with Crippen molar-refractivity contribution in [2.45, 2.75) is 38.1 Å². The standard InChI is InChI=1S/C15H19N3O2S/c1-20-15(19)12-6-3-7-18(12)14-10(13(16)21)8-9-4-2-5-11(9)17-14/h8,12H,2-7H2,1H3,(H2,16,21). The normalized spacial score (nSPS) is 20.4. The molecule has 1 unspecified atom stereocenters. The Hall–Kier alpha value is -1.69. The van der Waals surface area contributed by atoms with Crippen LogP contribution in [0.5, 0.6) is 0 Å². The summed E-state index contributed by atoms with van der Waals surface area (Å²) in [5.41, 5.74) is 9.00. The van der Waals surface area contributed by atoms with E-state index in [1.807, 2.05) is 4.90 Å². The molecule has 2 N–H and O–H groups in total. The first-order valence-electron chi connectivity index (χ1n) is 7.29. The van der Waals surface area contributed by atoms with Gasteiger partial charge in [-0.05, 0) is 43.7 Å². The number of carbonyl (C=O) groups excluding carboxylic acids is 1. The maximum atomic E-state index is 12.0. The summed E-state index contributed by atoms with van der Waals surface area (Å²) in [6, 6.07) is 1.77. The quantitative estimate of drug-likeness (QED) is 0.671. The number of thiocarbonyl (C=S) groups is 1. The molecule has 1 atom stereocenters. The average molecular weight is 305 g/mol. The first-order valence-corrected chi connectivity index (χ1v) is 7.69. The van der Waals surface area contributed by atoms with Crippen molar-refractivity contribution in [2.75, 3.05) is 18.6 Å². The van der Waals surface area contributed by atoms with Crippen LogP contribution in [0, 0.1) is 0 Å². The van der Waals surface area contributed by atoms with Gasteiger partial charge in [-0.15, -0.1) is 0 Å². The number of fused-ring (bicyclic) bond motifs is 1. The van der Waals surface area contributed by atoms with E-state index in [1.165, 1.54) is 12.7 Å². The summed E-state index contributed by atoms with van der Waals surface area (Å²) in [4.78, 5) is 19.1. The Labute approximate surface area is 129 Å². The highest BCUT2D eigenvalue weighted by Gasteiger charge is 2.34. The summed E-state index contributed by atoms with van der Waals surface area (Å²) in [6.07, 6.45) is 4.84. The topological polar surface area (TPSA) is 68.5 Å². The molecular weight excluding hydrogens is 286 g/mol. The smallest absolute Gasteiger partial charge is 0.328 e. The van der Waals surface area contributed by atoms with Gasteiger partial charge < -0.3 is 15.4 Å². The number of aromatic nitrogens is 1. The van der Waals surface area contributed by atoms with Gasteiger partial charge in [0.1, 0.15) is 16.8 Å². The largest absolute Gasteiger partial charge is 0.467 e. The van der Waals surface area contributed by atoms with E-state index < -0.39 is 0 Å². The average Bonchev–Trinajstić information content (AvgIpc) is 3.12. The first-order chi connectivity index (χ1) is 10.1. The number of methoxy groups -OCH3 is 1. The van der Waals surface area contributed by atoms with Crippen molar-refractivity contribution >= 4 is 29.0 Å². The lowest BCUT2D eigenvalue weighted by molar-refractivity contribution is -0.141. The van der Waals surface area contributed by atoms with Crippen LogP contribution in [0.2, 0.25) is 0 Å². The molecule has 1 saturated heterocycles. The lowest BCUT2D eigenvalue weighted by Gasteiger charge is -2.26. The molecule has 2 aliphatic rings. The highest BCUT2D eigenvalue weighted by Crippen LogP contribution is 2.32. The third kappa shape index (κ3) is 2.48. The molecule has 21 heavy (non-hydrogen) atoms. The second-order valence-electron chi connectivity index (χ2n) is 5.56. The van der Waals surface area contributed by atoms with Crippen molar-refractivity contribution in [3.8, 4) is 0 Å². The molecule has 3 rings (SSSR count). The number of anilines is 1. The van der Waals surface area contributed by atoms with E-state index in [4.69, 9.17) is 27.7 Å². The van der Waals surface area contributed by atoms with Gasteiger partial charge in [-0.1, -0.05) is 12.2 Å². The van der Waals surface area contributed by atoms with Crippen LogP contribution >= 0.6 is 12.2 Å². The highest BCUT2D eigenvalue weighted by atomic mass is 32.1. The predicted molar refractivity (Wildman–Crippen MR) is 84.5 cm³/mol. The maximum Gasteiger partial charge on any atom is 0.328 e. The lowest BCUT2D eigenvalue weighted by Crippen LogP contribution is -2.38. The number of hydrogen-bond donors (Lipinski definition) is 1. The van der Waals surface area contributed by atoms with Crippen molar-refractivity contribution in [1.82, 2.24) is 4.98 Å². The van der Waals surface area contributed by atoms with Crippen LogP contribution in [0.4, 0.5) is 5.82 Å². The zero-order chi connectivity index (χ0) is 15.0. The van der Waals surface area contributed by atoms with E-state index in [0.29, 0.717) is 4.99 Å². The number of nitrogens with zero attached hydrogens (tertiary/aromatic N) is 2. The molecule has 112 valence electrons. The van der Waals surface area contributed by atoms with Crippen molar-refractivity contribution in [3.05, 3.63) is 22.9 Å². The molecule has 0 saturated carbocycles. The van der Waals surface area contributed by atoms with Crippen LogP contribution in [-0.4, -0.2) is 35.6 Å². The van der Waals surface area contributed by atoms with Gasteiger partial charge >= 0.3 is 5.97 Å². The van der Waals surface area contributed by atoms with Gasteiger partial charge in [0.25, 0.3) is 0 Å². The highest BCUT2D eigenvalue weighted by molar-refractivity contribution is 7.80. The van der Waals surface area contributed by atoms with Crippen LogP contribution < -0.4 is 10.6 Å². The molecule has 0 spiro atoms. The number of nitrogens with two attached hydrogens (primary N) is 1. The predicted octanol–water partition coefficient (Wildman–Crippen LogP) is 1.35. The van der Waals surface area contributed by atoms with E-state index >= 15 is 0 Å². The molecule has 6 heteroatoms. The fourth-order valence-corrected chi connectivity index (χ4v) is 3.41. The second-order valence-corrected chi connectivity index (χ2v) is 6.00. The number of hydrogen-bond acceptors (Lipinski definition) is 5. The van der Waals surface area contributed by atoms with Gasteiger partial charge in [0, 0.05) is 12.2 Å². The number of rotatable bonds is 3. The van der Waals surface area contributed by atoms with E-state index in [2.05, 4.69) is 6.07 Å². The van der Waals surface area contributed by atoms with E-state index in [9.17, 15) is 4.79 Å². The van der Waals surface area contributed by atoms with Crippen molar-refractivity contribution in [3.63, 3.8) is 0 Å². The van der Waals surface area contributed by atoms with E-state index in [-0.39, 0.29) is 12.0 Å². The Kier molecular flexibility index (Phi) is 3.80. The number of pyridine rings is 1. The molecule has 2 heterocycles. The van der Waals surface area contributed by atoms with Gasteiger partial charge in [0.15, 0.2) is 0 Å². The Morgan fingerprint density at radius 3 is 3.00 bits per heavy atom. The summed E-state index contributed by atoms with van der Waals surface area (Å²) >= 11 is 5.18. The fourth-order valence-electron chi connectivity index (χ4n) is 3.26. The van der Waals surface area contributed by atoms with Gasteiger partial charge in [-0.3, -0.25) is 0 Å². The number of ether oxygens (including phenoxy) is 1. The monoisotopic (exact) mass is 305 g/mol. The lowest BCUT2D eigenvalue weighted by atomic mass is 10.1. The minimum atomic E-state index is -0.282. The molecule has 1 aromatic heterocycles. The van der Waals surface area contributed by atoms with E-state index in [0.717, 1.165) is 55.7 Å². The molecule has 1 aliphatic heterocycles. The molecule has 1 aromatic rings. The summed E-state index contributed by atoms with van der Waals surface area (Å²) in [5, 5.41) is 0. The molecule has 1 fully saturated rings. The SMILES string of the molecule is COC(=O)C1CCCN1c1nc2c(cc1C(N)=S)CCC2. The van der Waals surface area contributed by atoms with Gasteiger partial charge in [0.05, 0.1) is 12.7 Å². The molecule has 5 nitrogen and oxygen atoms in total. The minimum Gasteiger partial charge on any atom is -0.467 e. The van der Waals surface area contributed by atoms with Crippen molar-refractivity contribution < 1.29 is 9.53 Å². The number of carbonyl (C=O) groups is 1. The summed E-state index contributed by atoms with van der Waals surface area (Å²) in [6.45, 7) is 0.779. The second kappa shape index (κ2) is 5.60. The van der Waals surface area contributed by atoms with Crippen LogP contribution in [0.25, 0.3) is 0 Å². The first kappa shape index (κ1) is 14.3. The van der Waals surface area contributed by atoms with Crippen LogP contribution in [0.1, 0.15) is 36.1 Å². The molecule has 0 amide bonds. The summed E-state index contributed by atoms with van der Waals surface area (Å²) in [7, 11) is 1.42. The maximum absolute atomic E-state index is 12.0. The Morgan fingerprint density at radius 2 is 2.29 bits per heavy atom. The summed E-state index contributed by atoms with van der Waals surface area (Å²) < 4.78 is 4.91. The van der Waals surface area contributed by atoms with Crippen LogP contribution in [-0.2, 0) is 22.4 Å². The van der Waals surface area contributed by atoms with Gasteiger partial charge in [-0.2, -0.15) is 0 Å². The third-order valence-corrected chi connectivity index (χ3v) is 4.51. The number of aryl methyl sites for hydroxylation is 2. The Morgan fingerprint density at radius 1 is 1.48 bits per heavy atom. The van der Waals surface area contributed by atoms with Gasteiger partial charge in [0.2, 0.25) is 0 Å². The molecule has 1 aliphatic carbocycles. The molecule has 0 aromatic carbocycles. The third-order valence-electron chi connectivity index (χ3n) is 4.29. The Bertz CT molecular complexity index is 603. The van der Waals surface area contributed by atoms with Crippen LogP contribution in [0.15, 0.2) is 6.07 Å². The fraction of sp³-hybridized carbons (Fsp3) is 0.533. The zero-order valence-electron chi connectivity index (χ0n) is 12.1. The minimum absolute atomic E-state index is 0.219. The van der Waals surface area contributed by atoms with Crippen molar-refractivity contribution in [1.29, 1.82) is 0 Å². The molecule has 0 radical (unpaired) electrons. The van der Waals surface area contributed by atoms with E-state index in [1.54, 1.807) is 0 Å². The van der Waals surface area contributed by atoms with Crippen molar-refractivity contribution in [2.24, 2.45) is 5.73 Å². The molecule has 0 bridgehead atoms. The Balaban J connectivity index is 2.04. The zero-order valence-corrected chi connectivity index (χ0v) is 12.9. The molecular formula is C15H19N3O2S. The van der Waals surface area contributed by atoms with Crippen LogP contribution in [0.3, 0.4) is 0 Å². The summed E-state index contributed by atoms with van der Waals surface area (Å²) in [5.74, 6) is 0.528. The van der Waals surface area contributed by atoms with Gasteiger partial charge in [-0.25, -0.2) is 9.78 Å².